The Labute approximate surface area is 166 Å². The maximum atomic E-state index is 12.4. The Morgan fingerprint density at radius 1 is 1.07 bits per heavy atom. The number of nitrogens with two attached hydrogens (primary N) is 1. The topological polar surface area (TPSA) is 85.8 Å². The first-order chi connectivity index (χ1) is 13.6. The van der Waals surface area contributed by atoms with Crippen LogP contribution in [0.15, 0.2) is 71.9 Å². The van der Waals surface area contributed by atoms with Crippen molar-refractivity contribution in [3.8, 4) is 11.4 Å². The first-order valence-corrected chi connectivity index (χ1v) is 9.78. The molecule has 3 N–H and O–H groups in total. The van der Waals surface area contributed by atoms with Crippen molar-refractivity contribution in [3.05, 3.63) is 72.3 Å². The van der Waals surface area contributed by atoms with Crippen LogP contribution < -0.4 is 11.2 Å². The zero-order valence-electron chi connectivity index (χ0n) is 15.3. The van der Waals surface area contributed by atoms with E-state index < -0.39 is 0 Å². The van der Waals surface area contributed by atoms with Gasteiger partial charge in [0.05, 0.1) is 5.75 Å². The lowest BCUT2D eigenvalue weighted by Gasteiger charge is -2.08. The predicted molar refractivity (Wildman–Crippen MR) is 114 cm³/mol. The van der Waals surface area contributed by atoms with Gasteiger partial charge in [0.1, 0.15) is 0 Å². The number of anilines is 1. The second-order valence-corrected chi connectivity index (χ2v) is 7.35. The van der Waals surface area contributed by atoms with Crippen molar-refractivity contribution in [2.45, 2.75) is 12.1 Å². The predicted octanol–water partition coefficient (Wildman–Crippen LogP) is 3.85. The summed E-state index contributed by atoms with van der Waals surface area (Å²) < 4.78 is 1.42. The minimum Gasteiger partial charge on any atom is -0.335 e. The van der Waals surface area contributed by atoms with Crippen molar-refractivity contribution in [2.75, 3.05) is 16.9 Å². The number of hydrogen-bond acceptors (Lipinski definition) is 5. The molecule has 6 nitrogen and oxygen atoms in total. The van der Waals surface area contributed by atoms with Crippen LogP contribution in [-0.2, 0) is 4.79 Å². The van der Waals surface area contributed by atoms with Gasteiger partial charge >= 0.3 is 0 Å². The highest BCUT2D eigenvalue weighted by Gasteiger charge is 2.14. The number of amides is 1. The van der Waals surface area contributed by atoms with E-state index in [-0.39, 0.29) is 11.7 Å². The van der Waals surface area contributed by atoms with Crippen LogP contribution in [0.4, 0.5) is 5.69 Å². The minimum absolute atomic E-state index is 0.124. The molecule has 1 amide bonds. The summed E-state index contributed by atoms with van der Waals surface area (Å²) in [5.74, 6) is 6.77. The third-order valence-corrected chi connectivity index (χ3v) is 5.28. The molecule has 0 aliphatic rings. The van der Waals surface area contributed by atoms with Crippen molar-refractivity contribution >= 4 is 34.1 Å². The van der Waals surface area contributed by atoms with Crippen LogP contribution in [0.2, 0.25) is 0 Å². The van der Waals surface area contributed by atoms with Crippen molar-refractivity contribution in [3.63, 3.8) is 0 Å². The monoisotopic (exact) mass is 389 g/mol. The van der Waals surface area contributed by atoms with Gasteiger partial charge in [0.25, 0.3) is 0 Å². The van der Waals surface area contributed by atoms with Gasteiger partial charge < -0.3 is 11.2 Å². The average molecular weight is 389 g/mol. The molecule has 0 unspecified atom stereocenters. The lowest BCUT2D eigenvalue weighted by molar-refractivity contribution is -0.113. The average Bonchev–Trinajstić information content (AvgIpc) is 3.07. The Bertz CT molecular complexity index is 1150. The number of aromatic nitrogens is 3. The number of carbonyl (C=O) groups is 1. The second-order valence-electron chi connectivity index (χ2n) is 6.41. The van der Waals surface area contributed by atoms with Crippen molar-refractivity contribution in [1.82, 2.24) is 14.9 Å². The van der Waals surface area contributed by atoms with E-state index in [0.717, 1.165) is 27.6 Å². The van der Waals surface area contributed by atoms with Crippen LogP contribution in [0, 0.1) is 6.92 Å². The molecule has 0 aliphatic heterocycles. The van der Waals surface area contributed by atoms with Crippen molar-refractivity contribution < 1.29 is 4.79 Å². The Balaban J connectivity index is 1.45. The molecule has 0 saturated heterocycles. The number of benzene rings is 3. The Kier molecular flexibility index (Phi) is 4.99. The van der Waals surface area contributed by atoms with Gasteiger partial charge in [-0.1, -0.05) is 71.9 Å². The fourth-order valence-corrected chi connectivity index (χ4v) is 3.66. The van der Waals surface area contributed by atoms with Gasteiger partial charge in [-0.05, 0) is 24.4 Å². The number of nitrogen functional groups attached to an aromatic ring is 1. The summed E-state index contributed by atoms with van der Waals surface area (Å²) in [6, 6.07) is 21.7. The van der Waals surface area contributed by atoms with E-state index in [1.165, 1.54) is 16.4 Å². The van der Waals surface area contributed by atoms with Gasteiger partial charge in [0.15, 0.2) is 5.82 Å². The number of aryl methyl sites for hydroxylation is 1. The van der Waals surface area contributed by atoms with Gasteiger partial charge in [0, 0.05) is 16.6 Å². The van der Waals surface area contributed by atoms with E-state index in [0.29, 0.717) is 11.0 Å². The van der Waals surface area contributed by atoms with E-state index in [1.54, 1.807) is 0 Å². The smallest absolute Gasteiger partial charge is 0.234 e. The number of nitrogens with one attached hydrogen (secondary N) is 1. The summed E-state index contributed by atoms with van der Waals surface area (Å²) in [7, 11) is 0. The number of rotatable bonds is 5. The van der Waals surface area contributed by atoms with Crippen LogP contribution in [-0.4, -0.2) is 26.5 Å². The van der Waals surface area contributed by atoms with Crippen LogP contribution in [0.5, 0.6) is 0 Å². The molecule has 1 heterocycles. The summed E-state index contributed by atoms with van der Waals surface area (Å²) in [4.78, 5) is 12.4. The lowest BCUT2D eigenvalue weighted by Crippen LogP contribution is -2.16. The normalized spacial score (nSPS) is 10.9. The van der Waals surface area contributed by atoms with Gasteiger partial charge in [0.2, 0.25) is 11.1 Å². The van der Waals surface area contributed by atoms with Crippen LogP contribution in [0.3, 0.4) is 0 Å². The molecule has 140 valence electrons. The minimum atomic E-state index is -0.124. The molecule has 0 atom stereocenters. The second kappa shape index (κ2) is 7.74. The van der Waals surface area contributed by atoms with Crippen LogP contribution in [0.1, 0.15) is 5.56 Å². The Morgan fingerprint density at radius 3 is 2.71 bits per heavy atom. The number of hydrogen-bond donors (Lipinski definition) is 2. The van der Waals surface area contributed by atoms with Crippen molar-refractivity contribution in [2.24, 2.45) is 0 Å². The van der Waals surface area contributed by atoms with Gasteiger partial charge in [-0.25, -0.2) is 4.68 Å². The summed E-state index contributed by atoms with van der Waals surface area (Å²) in [5, 5.41) is 13.8. The molecule has 0 spiro atoms. The Morgan fingerprint density at radius 2 is 1.86 bits per heavy atom. The largest absolute Gasteiger partial charge is 0.335 e. The quantitative estimate of drug-likeness (QED) is 0.400. The molecule has 1 aromatic heterocycles. The fraction of sp³-hybridized carbons (Fsp3) is 0.0952. The van der Waals surface area contributed by atoms with Gasteiger partial charge in [-0.2, -0.15) is 0 Å². The standard InChI is InChI=1S/C21H19N5OS/c1-14-6-4-9-16(12-14)20-24-25-21(26(20)22)28-13-19(27)23-18-11-5-8-15-7-2-3-10-17(15)18/h2-12H,13,22H2,1H3,(H,23,27). The third kappa shape index (κ3) is 3.70. The Hall–Kier alpha value is -3.32. The molecular weight excluding hydrogens is 370 g/mol. The highest BCUT2D eigenvalue weighted by Crippen LogP contribution is 2.25. The molecule has 7 heteroatoms. The highest BCUT2D eigenvalue weighted by molar-refractivity contribution is 7.99. The first-order valence-electron chi connectivity index (χ1n) is 8.80. The van der Waals surface area contributed by atoms with E-state index in [2.05, 4.69) is 15.5 Å². The molecule has 3 aromatic carbocycles. The maximum absolute atomic E-state index is 12.4. The molecule has 28 heavy (non-hydrogen) atoms. The molecule has 4 rings (SSSR count). The molecular formula is C21H19N5OS. The van der Waals surface area contributed by atoms with E-state index in [4.69, 9.17) is 5.84 Å². The van der Waals surface area contributed by atoms with E-state index in [1.807, 2.05) is 73.7 Å². The van der Waals surface area contributed by atoms with E-state index in [9.17, 15) is 4.79 Å². The first kappa shape index (κ1) is 18.1. The van der Waals surface area contributed by atoms with Gasteiger partial charge in [-0.15, -0.1) is 10.2 Å². The SMILES string of the molecule is Cc1cccc(-c2nnc(SCC(=O)Nc3cccc4ccccc34)n2N)c1. The summed E-state index contributed by atoms with van der Waals surface area (Å²) >= 11 is 1.25. The number of carbonyl (C=O) groups excluding carboxylic acids is 1. The van der Waals surface area contributed by atoms with Crippen molar-refractivity contribution in [1.29, 1.82) is 0 Å². The maximum Gasteiger partial charge on any atom is 0.234 e. The van der Waals surface area contributed by atoms with Gasteiger partial charge in [-0.3, -0.25) is 4.79 Å². The number of thioether (sulfide) groups is 1. The fourth-order valence-electron chi connectivity index (χ4n) is 3.01. The van der Waals surface area contributed by atoms with Crippen LogP contribution in [0.25, 0.3) is 22.2 Å². The molecule has 0 fully saturated rings. The summed E-state index contributed by atoms with van der Waals surface area (Å²) in [6.45, 7) is 2.01. The molecule has 4 aromatic rings. The zero-order chi connectivity index (χ0) is 19.5. The summed E-state index contributed by atoms with van der Waals surface area (Å²) in [6.07, 6.45) is 0. The lowest BCUT2D eigenvalue weighted by atomic mass is 10.1. The molecule has 0 aliphatic carbocycles. The molecule has 0 radical (unpaired) electrons. The number of fused-ring (bicyclic) bond motifs is 1. The summed E-state index contributed by atoms with van der Waals surface area (Å²) in [5.41, 5.74) is 2.80. The third-order valence-electron chi connectivity index (χ3n) is 4.34. The molecule has 0 saturated carbocycles. The van der Waals surface area contributed by atoms with E-state index >= 15 is 0 Å². The highest BCUT2D eigenvalue weighted by atomic mass is 32.2. The number of nitrogens with zero attached hydrogens (tertiary/aromatic N) is 3. The zero-order valence-corrected chi connectivity index (χ0v) is 16.1. The van der Waals surface area contributed by atoms with Crippen LogP contribution >= 0.6 is 11.8 Å². The molecule has 0 bridgehead atoms.